The van der Waals surface area contributed by atoms with E-state index in [1.165, 1.54) is 4.31 Å². The molecule has 118 valence electrons. The van der Waals surface area contributed by atoms with Gasteiger partial charge in [0, 0.05) is 19.0 Å². The molecule has 21 heavy (non-hydrogen) atoms. The van der Waals surface area contributed by atoms with Gasteiger partial charge in [-0.25, -0.2) is 8.42 Å². The van der Waals surface area contributed by atoms with Crippen LogP contribution >= 0.6 is 11.6 Å². The second kappa shape index (κ2) is 6.65. The molecule has 1 fully saturated rings. The van der Waals surface area contributed by atoms with Crippen LogP contribution in [0.5, 0.6) is 0 Å². The zero-order valence-electron chi connectivity index (χ0n) is 12.7. The molecule has 2 unspecified atom stereocenters. The Morgan fingerprint density at radius 2 is 1.90 bits per heavy atom. The fraction of sp³-hybridized carbons (Fsp3) is 0.600. The van der Waals surface area contributed by atoms with Crippen LogP contribution in [0, 0.1) is 0 Å². The lowest BCUT2D eigenvalue weighted by molar-refractivity contribution is -0.0441. The molecular formula is C15H22ClNO3S. The number of alkyl halides is 1. The highest BCUT2D eigenvalue weighted by Crippen LogP contribution is 2.26. The second-order valence-electron chi connectivity index (χ2n) is 5.51. The van der Waals surface area contributed by atoms with Crippen molar-refractivity contribution in [3.8, 4) is 0 Å². The van der Waals surface area contributed by atoms with Gasteiger partial charge in [-0.15, -0.1) is 11.6 Å². The number of ether oxygens (including phenoxy) is 1. The minimum Gasteiger partial charge on any atom is -0.373 e. The monoisotopic (exact) mass is 331 g/mol. The largest absolute Gasteiger partial charge is 0.373 e. The summed E-state index contributed by atoms with van der Waals surface area (Å²) < 4.78 is 33.1. The Kier molecular flexibility index (Phi) is 5.30. The predicted molar refractivity (Wildman–Crippen MR) is 84.1 cm³/mol. The van der Waals surface area contributed by atoms with Crippen LogP contribution in [0.3, 0.4) is 0 Å². The Labute approximate surface area is 132 Å². The highest BCUT2D eigenvalue weighted by atomic mass is 35.5. The van der Waals surface area contributed by atoms with Gasteiger partial charge in [-0.1, -0.05) is 19.1 Å². The molecule has 1 aromatic carbocycles. The summed E-state index contributed by atoms with van der Waals surface area (Å²) in [5, 5.41) is 0. The van der Waals surface area contributed by atoms with Gasteiger partial charge in [-0.05, 0) is 37.5 Å². The molecule has 2 rings (SSSR count). The average molecular weight is 332 g/mol. The van der Waals surface area contributed by atoms with Crippen molar-refractivity contribution < 1.29 is 13.2 Å². The van der Waals surface area contributed by atoms with Gasteiger partial charge in [-0.3, -0.25) is 0 Å². The molecule has 0 saturated carbocycles. The molecule has 0 spiro atoms. The molecule has 1 aliphatic heterocycles. The van der Waals surface area contributed by atoms with Crippen LogP contribution in [0.15, 0.2) is 23.1 Å². The van der Waals surface area contributed by atoms with Crippen molar-refractivity contribution in [1.82, 2.24) is 4.31 Å². The summed E-state index contributed by atoms with van der Waals surface area (Å²) in [5.41, 5.74) is 1.65. The first-order valence-electron chi connectivity index (χ1n) is 7.21. The molecule has 0 bridgehead atoms. The number of morpholine rings is 1. The van der Waals surface area contributed by atoms with Crippen molar-refractivity contribution in [3.05, 3.63) is 29.3 Å². The summed E-state index contributed by atoms with van der Waals surface area (Å²) >= 11 is 5.85. The summed E-state index contributed by atoms with van der Waals surface area (Å²) in [6.07, 6.45) is 0.488. The lowest BCUT2D eigenvalue weighted by Crippen LogP contribution is -2.48. The number of rotatable bonds is 4. The van der Waals surface area contributed by atoms with Gasteiger partial charge in [-0.2, -0.15) is 4.31 Å². The Bertz CT molecular complexity index is 593. The minimum absolute atomic E-state index is 0.0928. The summed E-state index contributed by atoms with van der Waals surface area (Å²) in [7, 11) is -3.51. The molecule has 0 amide bonds. The van der Waals surface area contributed by atoms with Gasteiger partial charge in [0.05, 0.1) is 17.1 Å². The maximum atomic E-state index is 13.0. The SMILES string of the molecule is CCc1ccc(CCl)cc1S(=O)(=O)N1CC(C)OC(C)C1. The second-order valence-corrected chi connectivity index (χ2v) is 7.68. The van der Waals surface area contributed by atoms with E-state index in [-0.39, 0.29) is 12.2 Å². The standard InChI is InChI=1S/C15H22ClNO3S/c1-4-14-6-5-13(8-16)7-15(14)21(18,19)17-9-11(2)20-12(3)10-17/h5-7,11-12H,4,8-10H2,1-3H3. The summed E-state index contributed by atoms with van der Waals surface area (Å²) in [6.45, 7) is 6.53. The molecule has 1 heterocycles. The van der Waals surface area contributed by atoms with E-state index in [2.05, 4.69) is 0 Å². The van der Waals surface area contributed by atoms with Crippen LogP contribution in [-0.2, 0) is 27.1 Å². The lowest BCUT2D eigenvalue weighted by Gasteiger charge is -2.34. The summed E-state index contributed by atoms with van der Waals surface area (Å²) in [6, 6.07) is 5.44. The van der Waals surface area contributed by atoms with E-state index in [1.54, 1.807) is 6.07 Å². The van der Waals surface area contributed by atoms with Crippen molar-refractivity contribution in [2.45, 2.75) is 50.2 Å². The van der Waals surface area contributed by atoms with Crippen LogP contribution < -0.4 is 0 Å². The van der Waals surface area contributed by atoms with Crippen molar-refractivity contribution in [2.75, 3.05) is 13.1 Å². The molecule has 1 aromatic rings. The number of halogens is 1. The van der Waals surface area contributed by atoms with Gasteiger partial charge >= 0.3 is 0 Å². The van der Waals surface area contributed by atoms with E-state index < -0.39 is 10.0 Å². The zero-order chi connectivity index (χ0) is 15.6. The van der Waals surface area contributed by atoms with Crippen molar-refractivity contribution >= 4 is 21.6 Å². The molecule has 1 aliphatic rings. The maximum Gasteiger partial charge on any atom is 0.243 e. The molecule has 0 N–H and O–H groups in total. The smallest absolute Gasteiger partial charge is 0.243 e. The first kappa shape index (κ1) is 16.7. The maximum absolute atomic E-state index is 13.0. The first-order valence-corrected chi connectivity index (χ1v) is 9.19. The van der Waals surface area contributed by atoms with E-state index in [0.717, 1.165) is 11.1 Å². The molecule has 0 radical (unpaired) electrons. The third-order valence-electron chi connectivity index (χ3n) is 3.67. The number of nitrogens with zero attached hydrogens (tertiary/aromatic N) is 1. The summed E-state index contributed by atoms with van der Waals surface area (Å²) in [5.74, 6) is 0.308. The van der Waals surface area contributed by atoms with Crippen LogP contribution in [-0.4, -0.2) is 38.0 Å². The van der Waals surface area contributed by atoms with Gasteiger partial charge in [0.1, 0.15) is 0 Å². The molecular weight excluding hydrogens is 310 g/mol. The number of hydrogen-bond acceptors (Lipinski definition) is 3. The predicted octanol–water partition coefficient (Wildman–Crippen LogP) is 2.79. The van der Waals surface area contributed by atoms with Gasteiger partial charge in [0.2, 0.25) is 10.0 Å². The first-order chi connectivity index (χ1) is 9.88. The van der Waals surface area contributed by atoms with E-state index in [1.807, 2.05) is 32.9 Å². The lowest BCUT2D eigenvalue weighted by atomic mass is 10.1. The van der Waals surface area contributed by atoms with Crippen molar-refractivity contribution in [2.24, 2.45) is 0 Å². The average Bonchev–Trinajstić information content (AvgIpc) is 2.45. The van der Waals surface area contributed by atoms with E-state index in [0.29, 0.717) is 30.3 Å². The molecule has 1 saturated heterocycles. The molecule has 6 heteroatoms. The highest BCUT2D eigenvalue weighted by Gasteiger charge is 2.33. The highest BCUT2D eigenvalue weighted by molar-refractivity contribution is 7.89. The van der Waals surface area contributed by atoms with Gasteiger partial charge in [0.25, 0.3) is 0 Å². The van der Waals surface area contributed by atoms with E-state index in [9.17, 15) is 8.42 Å². The van der Waals surface area contributed by atoms with Gasteiger partial charge in [0.15, 0.2) is 0 Å². The fourth-order valence-corrected chi connectivity index (χ4v) is 4.78. The van der Waals surface area contributed by atoms with Crippen LogP contribution in [0.1, 0.15) is 31.9 Å². The minimum atomic E-state index is -3.51. The van der Waals surface area contributed by atoms with Crippen LogP contribution in [0.25, 0.3) is 0 Å². The number of hydrogen-bond donors (Lipinski definition) is 0. The topological polar surface area (TPSA) is 46.6 Å². The third kappa shape index (κ3) is 3.59. The Morgan fingerprint density at radius 1 is 1.29 bits per heavy atom. The van der Waals surface area contributed by atoms with Crippen molar-refractivity contribution in [1.29, 1.82) is 0 Å². The number of sulfonamides is 1. The number of aryl methyl sites for hydroxylation is 1. The third-order valence-corrected chi connectivity index (χ3v) is 5.89. The van der Waals surface area contributed by atoms with Crippen molar-refractivity contribution in [3.63, 3.8) is 0 Å². The Morgan fingerprint density at radius 3 is 2.43 bits per heavy atom. The summed E-state index contributed by atoms with van der Waals surface area (Å²) in [4.78, 5) is 0.379. The molecule has 4 nitrogen and oxygen atoms in total. The van der Waals surface area contributed by atoms with Crippen LogP contribution in [0.4, 0.5) is 0 Å². The van der Waals surface area contributed by atoms with Crippen LogP contribution in [0.2, 0.25) is 0 Å². The normalized spacial score (nSPS) is 24.2. The Hall–Kier alpha value is -0.620. The Balaban J connectivity index is 2.43. The quantitative estimate of drug-likeness (QED) is 0.797. The van der Waals surface area contributed by atoms with E-state index in [4.69, 9.17) is 16.3 Å². The fourth-order valence-electron chi connectivity index (χ4n) is 2.68. The molecule has 0 aliphatic carbocycles. The zero-order valence-corrected chi connectivity index (χ0v) is 14.2. The molecule has 0 aromatic heterocycles. The number of benzene rings is 1. The van der Waals surface area contributed by atoms with Gasteiger partial charge < -0.3 is 4.74 Å². The molecule has 2 atom stereocenters. The van der Waals surface area contributed by atoms with E-state index >= 15 is 0 Å².